The Morgan fingerprint density at radius 1 is 1.21 bits per heavy atom. The zero-order chi connectivity index (χ0) is 20.5. The largest absolute Gasteiger partial charge is 0.482 e. The van der Waals surface area contributed by atoms with Gasteiger partial charge in [0.2, 0.25) is 5.91 Å². The smallest absolute Gasteiger partial charge is 0.265 e. The van der Waals surface area contributed by atoms with Gasteiger partial charge in [-0.15, -0.1) is 11.3 Å². The van der Waals surface area contributed by atoms with E-state index in [1.165, 1.54) is 16.2 Å². The number of amides is 2. The van der Waals surface area contributed by atoms with Gasteiger partial charge in [0.05, 0.1) is 16.9 Å². The first-order chi connectivity index (χ1) is 13.9. The lowest BCUT2D eigenvalue weighted by atomic mass is 10.1. The zero-order valence-corrected chi connectivity index (χ0v) is 17.3. The van der Waals surface area contributed by atoms with Gasteiger partial charge in [0.1, 0.15) is 12.3 Å². The van der Waals surface area contributed by atoms with Crippen LogP contribution in [0.3, 0.4) is 0 Å². The van der Waals surface area contributed by atoms with Gasteiger partial charge < -0.3 is 10.1 Å². The highest BCUT2D eigenvalue weighted by Gasteiger charge is 2.28. The predicted molar refractivity (Wildman–Crippen MR) is 115 cm³/mol. The van der Waals surface area contributed by atoms with Gasteiger partial charge in [0.25, 0.3) is 5.91 Å². The van der Waals surface area contributed by atoms with Crippen molar-refractivity contribution in [3.05, 3.63) is 57.9 Å². The third-order valence-corrected chi connectivity index (χ3v) is 5.46. The lowest BCUT2D eigenvalue weighted by Crippen LogP contribution is -2.43. The molecule has 2 aromatic carbocycles. The van der Waals surface area contributed by atoms with Gasteiger partial charge in [-0.05, 0) is 50.1 Å². The van der Waals surface area contributed by atoms with Crippen molar-refractivity contribution in [1.82, 2.24) is 4.98 Å². The van der Waals surface area contributed by atoms with Crippen molar-refractivity contribution in [2.24, 2.45) is 0 Å². The lowest BCUT2D eigenvalue weighted by Gasteiger charge is -2.29. The number of anilines is 2. The Morgan fingerprint density at radius 3 is 2.66 bits per heavy atom. The predicted octanol–water partition coefficient (Wildman–Crippen LogP) is 4.10. The zero-order valence-electron chi connectivity index (χ0n) is 16.5. The van der Waals surface area contributed by atoms with Crippen LogP contribution in [0.2, 0.25) is 0 Å². The van der Waals surface area contributed by atoms with Crippen LogP contribution in [0.5, 0.6) is 5.75 Å². The normalized spacial score (nSPS) is 13.1. The number of hydrogen-bond donors (Lipinski definition) is 1. The summed E-state index contributed by atoms with van der Waals surface area (Å²) >= 11 is 1.50. The van der Waals surface area contributed by atoms with Crippen LogP contribution < -0.4 is 15.0 Å². The van der Waals surface area contributed by atoms with Crippen LogP contribution in [-0.2, 0) is 9.59 Å². The summed E-state index contributed by atoms with van der Waals surface area (Å²) in [5.41, 5.74) is 7.96. The van der Waals surface area contributed by atoms with Crippen LogP contribution in [0.4, 0.5) is 11.4 Å². The van der Waals surface area contributed by atoms with Gasteiger partial charge >= 0.3 is 0 Å². The standard InChI is InChI=1S/C22H21N3O3S/c1-13-6-14(2)22(15(3)7-13)24-20(26)9-25-18-8-16(17-11-29-12-23-17)4-5-19(18)28-10-21(25)27/h4-8,11-12H,9-10H2,1-3H3,(H,24,26). The second kappa shape index (κ2) is 7.67. The molecule has 0 aliphatic carbocycles. The number of aryl methyl sites for hydroxylation is 3. The molecule has 148 valence electrons. The molecule has 2 heterocycles. The second-order valence-corrected chi connectivity index (χ2v) is 7.87. The summed E-state index contributed by atoms with van der Waals surface area (Å²) in [5.74, 6) is 0.0832. The van der Waals surface area contributed by atoms with Crippen LogP contribution in [0.15, 0.2) is 41.2 Å². The van der Waals surface area contributed by atoms with Gasteiger partial charge in [-0.3, -0.25) is 14.5 Å². The van der Waals surface area contributed by atoms with E-state index in [0.29, 0.717) is 11.4 Å². The molecule has 29 heavy (non-hydrogen) atoms. The van der Waals surface area contributed by atoms with Crippen LogP contribution in [0.1, 0.15) is 16.7 Å². The molecule has 6 nitrogen and oxygen atoms in total. The van der Waals surface area contributed by atoms with E-state index in [1.54, 1.807) is 5.51 Å². The molecule has 2 amide bonds. The Kier molecular flexibility index (Phi) is 5.07. The van der Waals surface area contributed by atoms with Crippen LogP contribution in [-0.4, -0.2) is 29.9 Å². The van der Waals surface area contributed by atoms with Gasteiger partial charge in [0.15, 0.2) is 6.61 Å². The first-order valence-electron chi connectivity index (χ1n) is 9.26. The van der Waals surface area contributed by atoms with E-state index in [-0.39, 0.29) is 25.0 Å². The molecule has 0 saturated carbocycles. The SMILES string of the molecule is Cc1cc(C)c(NC(=O)CN2C(=O)COc3ccc(-c4cscn4)cc32)c(C)c1. The Bertz CT molecular complexity index is 1070. The summed E-state index contributed by atoms with van der Waals surface area (Å²) < 4.78 is 5.55. The number of nitrogens with zero attached hydrogens (tertiary/aromatic N) is 2. The number of thiazole rings is 1. The number of fused-ring (bicyclic) bond motifs is 1. The van der Waals surface area contributed by atoms with Crippen LogP contribution >= 0.6 is 11.3 Å². The third-order valence-electron chi connectivity index (χ3n) is 4.87. The molecule has 0 fully saturated rings. The molecule has 0 radical (unpaired) electrons. The van der Waals surface area contributed by atoms with E-state index in [9.17, 15) is 9.59 Å². The number of benzene rings is 2. The van der Waals surface area contributed by atoms with Gasteiger partial charge in [-0.1, -0.05) is 17.7 Å². The molecule has 1 aromatic heterocycles. The Balaban J connectivity index is 1.60. The topological polar surface area (TPSA) is 71.5 Å². The Labute approximate surface area is 173 Å². The van der Waals surface area contributed by atoms with Gasteiger partial charge in [0, 0.05) is 16.6 Å². The molecule has 1 aliphatic rings. The fourth-order valence-corrected chi connectivity index (χ4v) is 4.15. The molecule has 0 saturated heterocycles. The molecular weight excluding hydrogens is 386 g/mol. The summed E-state index contributed by atoms with van der Waals surface area (Å²) in [6, 6.07) is 9.61. The van der Waals surface area contributed by atoms with Crippen molar-refractivity contribution >= 4 is 34.5 Å². The fourth-order valence-electron chi connectivity index (χ4n) is 3.59. The van der Waals surface area contributed by atoms with Crippen molar-refractivity contribution in [2.75, 3.05) is 23.4 Å². The van der Waals surface area contributed by atoms with Gasteiger partial charge in [-0.25, -0.2) is 4.98 Å². The van der Waals surface area contributed by atoms with E-state index in [0.717, 1.165) is 33.6 Å². The minimum absolute atomic E-state index is 0.0809. The van der Waals surface area contributed by atoms with E-state index in [4.69, 9.17) is 4.74 Å². The maximum Gasteiger partial charge on any atom is 0.265 e. The minimum atomic E-state index is -0.250. The molecule has 1 N–H and O–H groups in total. The second-order valence-electron chi connectivity index (χ2n) is 7.15. The fraction of sp³-hybridized carbons (Fsp3) is 0.227. The average Bonchev–Trinajstić information content (AvgIpc) is 3.21. The van der Waals surface area contributed by atoms with Crippen molar-refractivity contribution in [3.8, 4) is 17.0 Å². The van der Waals surface area contributed by atoms with Crippen LogP contribution in [0, 0.1) is 20.8 Å². The maximum absolute atomic E-state index is 12.8. The summed E-state index contributed by atoms with van der Waals surface area (Å²) in [7, 11) is 0. The van der Waals surface area contributed by atoms with Crippen molar-refractivity contribution < 1.29 is 14.3 Å². The number of nitrogens with one attached hydrogen (secondary N) is 1. The number of carbonyl (C=O) groups is 2. The molecule has 0 unspecified atom stereocenters. The molecule has 0 bridgehead atoms. The highest BCUT2D eigenvalue weighted by Crippen LogP contribution is 2.36. The van der Waals surface area contributed by atoms with E-state index in [2.05, 4.69) is 10.3 Å². The lowest BCUT2D eigenvalue weighted by molar-refractivity contribution is -0.123. The quantitative estimate of drug-likeness (QED) is 0.707. The Hall–Kier alpha value is -3.19. The molecule has 0 spiro atoms. The van der Waals surface area contributed by atoms with Crippen molar-refractivity contribution in [3.63, 3.8) is 0 Å². The van der Waals surface area contributed by atoms with Gasteiger partial charge in [-0.2, -0.15) is 0 Å². The molecule has 7 heteroatoms. The number of rotatable bonds is 4. The van der Waals surface area contributed by atoms with E-state index < -0.39 is 0 Å². The minimum Gasteiger partial charge on any atom is -0.482 e. The molecular formula is C22H21N3O3S. The number of carbonyl (C=O) groups excluding carboxylic acids is 2. The third kappa shape index (κ3) is 3.86. The van der Waals surface area contributed by atoms with Crippen molar-refractivity contribution in [2.45, 2.75) is 20.8 Å². The summed E-state index contributed by atoms with van der Waals surface area (Å²) in [5, 5.41) is 4.90. The number of ether oxygens (including phenoxy) is 1. The molecule has 1 aliphatic heterocycles. The van der Waals surface area contributed by atoms with E-state index >= 15 is 0 Å². The molecule has 4 rings (SSSR count). The van der Waals surface area contributed by atoms with Crippen LogP contribution in [0.25, 0.3) is 11.3 Å². The number of hydrogen-bond acceptors (Lipinski definition) is 5. The van der Waals surface area contributed by atoms with Crippen molar-refractivity contribution in [1.29, 1.82) is 0 Å². The summed E-state index contributed by atoms with van der Waals surface area (Å²) in [6.07, 6.45) is 0. The average molecular weight is 407 g/mol. The maximum atomic E-state index is 12.8. The molecule has 3 aromatic rings. The summed E-state index contributed by atoms with van der Waals surface area (Å²) in [6.45, 7) is 5.78. The summed E-state index contributed by atoms with van der Waals surface area (Å²) in [4.78, 5) is 31.1. The first kappa shape index (κ1) is 19.1. The Morgan fingerprint density at radius 2 is 1.97 bits per heavy atom. The van der Waals surface area contributed by atoms with E-state index in [1.807, 2.05) is 56.5 Å². The number of aromatic nitrogens is 1. The monoisotopic (exact) mass is 407 g/mol. The first-order valence-corrected chi connectivity index (χ1v) is 10.2. The highest BCUT2D eigenvalue weighted by molar-refractivity contribution is 7.07. The highest BCUT2D eigenvalue weighted by atomic mass is 32.1. The molecule has 0 atom stereocenters.